The Bertz CT molecular complexity index is 773. The molecule has 1 atom stereocenters. The van der Waals surface area contributed by atoms with Crippen molar-refractivity contribution in [2.24, 2.45) is 10.2 Å². The van der Waals surface area contributed by atoms with E-state index >= 15 is 0 Å². The standard InChI is InChI=1S/C19H31N7O2S2/c1-5-20-18(29)24-22-13(3)17(23-25-19(30)21-6-2)16-8-7-15(28-16)14(4)26-9-11-27-12-10-26/h7-8,14H,5-6,9-12H2,1-4H3,(H2,20,24,29)(H2,21,25,30)/b22-13+,23-17-. The van der Waals surface area contributed by atoms with Crippen molar-refractivity contribution in [3.63, 3.8) is 0 Å². The van der Waals surface area contributed by atoms with Crippen molar-refractivity contribution in [2.75, 3.05) is 39.4 Å². The van der Waals surface area contributed by atoms with Crippen LogP contribution in [0.1, 0.15) is 45.3 Å². The molecule has 0 spiro atoms. The van der Waals surface area contributed by atoms with Gasteiger partial charge in [0.25, 0.3) is 0 Å². The minimum Gasteiger partial charge on any atom is -0.458 e. The number of ether oxygens (including phenoxy) is 1. The fraction of sp³-hybridized carbons (Fsp3) is 0.579. The molecule has 0 saturated carbocycles. The molecular formula is C19H31N7O2S2. The topological polar surface area (TPSA) is 98.5 Å². The van der Waals surface area contributed by atoms with Gasteiger partial charge in [0.15, 0.2) is 16.0 Å². The van der Waals surface area contributed by atoms with Gasteiger partial charge < -0.3 is 19.8 Å². The zero-order valence-electron chi connectivity index (χ0n) is 17.9. The predicted octanol–water partition coefficient (Wildman–Crippen LogP) is 1.72. The Labute approximate surface area is 188 Å². The third kappa shape index (κ3) is 7.31. The molecular weight excluding hydrogens is 422 g/mol. The van der Waals surface area contributed by atoms with Crippen LogP contribution in [0.25, 0.3) is 0 Å². The van der Waals surface area contributed by atoms with Crippen LogP contribution in [0.4, 0.5) is 0 Å². The summed E-state index contributed by atoms with van der Waals surface area (Å²) >= 11 is 10.4. The molecule has 1 aliphatic rings. The first kappa shape index (κ1) is 24.2. The molecule has 0 bridgehead atoms. The van der Waals surface area contributed by atoms with E-state index in [0.717, 1.165) is 32.1 Å². The molecule has 166 valence electrons. The van der Waals surface area contributed by atoms with Gasteiger partial charge >= 0.3 is 0 Å². The van der Waals surface area contributed by atoms with Gasteiger partial charge in [0, 0.05) is 26.2 Å². The molecule has 2 heterocycles. The number of rotatable bonds is 8. The Hall–Kier alpha value is -2.08. The first-order valence-electron chi connectivity index (χ1n) is 10.1. The highest BCUT2D eigenvalue weighted by Crippen LogP contribution is 2.23. The Balaban J connectivity index is 2.22. The highest BCUT2D eigenvalue weighted by molar-refractivity contribution is 7.80. The van der Waals surface area contributed by atoms with Gasteiger partial charge in [-0.15, -0.1) is 0 Å². The summed E-state index contributed by atoms with van der Waals surface area (Å²) in [4.78, 5) is 2.33. The van der Waals surface area contributed by atoms with Crippen molar-refractivity contribution < 1.29 is 9.15 Å². The fourth-order valence-corrected chi connectivity index (χ4v) is 3.24. The average molecular weight is 454 g/mol. The second-order valence-corrected chi connectivity index (χ2v) is 7.44. The van der Waals surface area contributed by atoms with Crippen molar-refractivity contribution in [3.05, 3.63) is 23.7 Å². The second kappa shape index (κ2) is 12.6. The Kier molecular flexibility index (Phi) is 10.1. The molecule has 1 saturated heterocycles. The molecule has 1 aliphatic heterocycles. The molecule has 0 aliphatic carbocycles. The molecule has 0 amide bonds. The van der Waals surface area contributed by atoms with E-state index in [9.17, 15) is 0 Å². The van der Waals surface area contributed by atoms with E-state index in [-0.39, 0.29) is 6.04 Å². The lowest BCUT2D eigenvalue weighted by Crippen LogP contribution is -2.37. The molecule has 30 heavy (non-hydrogen) atoms. The van der Waals surface area contributed by atoms with Gasteiger partial charge in [-0.05, 0) is 64.3 Å². The molecule has 0 radical (unpaired) electrons. The van der Waals surface area contributed by atoms with Crippen molar-refractivity contribution in [1.82, 2.24) is 26.4 Å². The molecule has 1 aromatic heterocycles. The van der Waals surface area contributed by atoms with Crippen molar-refractivity contribution in [3.8, 4) is 0 Å². The lowest BCUT2D eigenvalue weighted by atomic mass is 10.2. The number of morpholine rings is 1. The summed E-state index contributed by atoms with van der Waals surface area (Å²) in [6, 6.07) is 4.00. The summed E-state index contributed by atoms with van der Waals surface area (Å²) in [6.07, 6.45) is 0. The highest BCUT2D eigenvalue weighted by Gasteiger charge is 2.22. The number of hydrogen-bond acceptors (Lipinski definition) is 7. The van der Waals surface area contributed by atoms with Gasteiger partial charge in [0.1, 0.15) is 11.5 Å². The van der Waals surface area contributed by atoms with Crippen LogP contribution in [0.15, 0.2) is 26.8 Å². The monoisotopic (exact) mass is 453 g/mol. The van der Waals surface area contributed by atoms with Crippen molar-refractivity contribution >= 4 is 46.1 Å². The minimum atomic E-state index is 0.136. The lowest BCUT2D eigenvalue weighted by Gasteiger charge is -2.31. The Morgan fingerprint density at radius 3 is 2.27 bits per heavy atom. The summed E-state index contributed by atoms with van der Waals surface area (Å²) in [5.74, 6) is 1.45. The zero-order chi connectivity index (χ0) is 21.9. The van der Waals surface area contributed by atoms with Gasteiger partial charge in [-0.25, -0.2) is 0 Å². The number of hydrogen-bond donors (Lipinski definition) is 4. The molecule has 1 aromatic rings. The molecule has 11 heteroatoms. The van der Waals surface area contributed by atoms with E-state index in [1.165, 1.54) is 0 Å². The zero-order valence-corrected chi connectivity index (χ0v) is 19.6. The normalized spacial score (nSPS) is 16.7. The van der Waals surface area contributed by atoms with Gasteiger partial charge in [0.2, 0.25) is 0 Å². The van der Waals surface area contributed by atoms with E-state index < -0.39 is 0 Å². The number of nitrogens with zero attached hydrogens (tertiary/aromatic N) is 3. The highest BCUT2D eigenvalue weighted by atomic mass is 32.1. The summed E-state index contributed by atoms with van der Waals surface area (Å²) < 4.78 is 11.6. The van der Waals surface area contributed by atoms with Crippen LogP contribution in [0.3, 0.4) is 0 Å². The number of furan rings is 1. The van der Waals surface area contributed by atoms with E-state index in [1.54, 1.807) is 0 Å². The molecule has 1 fully saturated rings. The number of thiocarbonyl (C=S) groups is 2. The SMILES string of the molecule is CCNC(=S)N/N=C(/C(C)=N/NC(=S)NCC)c1ccc(C(C)N2CCOCC2)o1. The predicted molar refractivity (Wildman–Crippen MR) is 128 cm³/mol. The van der Waals surface area contributed by atoms with Crippen LogP contribution < -0.4 is 21.5 Å². The molecule has 2 rings (SSSR count). The fourth-order valence-electron chi connectivity index (χ4n) is 2.86. The maximum Gasteiger partial charge on any atom is 0.186 e. The van der Waals surface area contributed by atoms with Crippen LogP contribution in [0.2, 0.25) is 0 Å². The quantitative estimate of drug-likeness (QED) is 0.266. The number of hydrazone groups is 2. The maximum absolute atomic E-state index is 6.15. The lowest BCUT2D eigenvalue weighted by molar-refractivity contribution is 0.0157. The minimum absolute atomic E-state index is 0.136. The first-order chi connectivity index (χ1) is 14.5. The van der Waals surface area contributed by atoms with E-state index in [2.05, 4.69) is 43.5 Å². The molecule has 9 nitrogen and oxygen atoms in total. The maximum atomic E-state index is 6.15. The van der Waals surface area contributed by atoms with Crippen LogP contribution in [0, 0.1) is 0 Å². The second-order valence-electron chi connectivity index (χ2n) is 6.63. The van der Waals surface area contributed by atoms with Crippen LogP contribution in [-0.4, -0.2) is 65.9 Å². The largest absolute Gasteiger partial charge is 0.458 e. The van der Waals surface area contributed by atoms with Crippen LogP contribution >= 0.6 is 24.4 Å². The summed E-state index contributed by atoms with van der Waals surface area (Å²) in [5, 5.41) is 15.6. The average Bonchev–Trinajstić information content (AvgIpc) is 3.22. The molecule has 4 N–H and O–H groups in total. The Morgan fingerprint density at radius 1 is 1.07 bits per heavy atom. The summed E-state index contributed by atoms with van der Waals surface area (Å²) in [7, 11) is 0. The van der Waals surface area contributed by atoms with E-state index in [1.807, 2.05) is 32.9 Å². The molecule has 1 unspecified atom stereocenters. The smallest absolute Gasteiger partial charge is 0.186 e. The third-order valence-corrected chi connectivity index (χ3v) is 4.95. The van der Waals surface area contributed by atoms with Gasteiger partial charge in [0.05, 0.1) is 25.0 Å². The Morgan fingerprint density at radius 2 is 1.67 bits per heavy atom. The number of nitrogens with one attached hydrogen (secondary N) is 4. The summed E-state index contributed by atoms with van der Waals surface area (Å²) in [6.45, 7) is 12.5. The molecule has 0 aromatic carbocycles. The van der Waals surface area contributed by atoms with Gasteiger partial charge in [-0.3, -0.25) is 15.8 Å². The summed E-state index contributed by atoms with van der Waals surface area (Å²) in [5.41, 5.74) is 6.79. The van der Waals surface area contributed by atoms with Crippen molar-refractivity contribution in [2.45, 2.75) is 33.7 Å². The first-order valence-corrected chi connectivity index (χ1v) is 10.9. The van der Waals surface area contributed by atoms with Crippen LogP contribution in [0.5, 0.6) is 0 Å². The van der Waals surface area contributed by atoms with Crippen LogP contribution in [-0.2, 0) is 4.74 Å². The van der Waals surface area contributed by atoms with E-state index in [0.29, 0.717) is 40.5 Å². The van der Waals surface area contributed by atoms with Gasteiger partial charge in [-0.2, -0.15) is 10.2 Å². The van der Waals surface area contributed by atoms with E-state index in [4.69, 9.17) is 33.6 Å². The van der Waals surface area contributed by atoms with Crippen molar-refractivity contribution in [1.29, 1.82) is 0 Å². The third-order valence-electron chi connectivity index (χ3n) is 4.48. The van der Waals surface area contributed by atoms with Gasteiger partial charge in [-0.1, -0.05) is 0 Å².